The van der Waals surface area contributed by atoms with Crippen molar-refractivity contribution in [3.05, 3.63) is 23.1 Å². The number of aliphatic hydroxyl groups excluding tert-OH is 1. The molecular weight excluding hydrogens is 275 g/mol. The van der Waals surface area contributed by atoms with Crippen molar-refractivity contribution >= 4 is 31.0 Å². The molecule has 2 heterocycles. The summed E-state index contributed by atoms with van der Waals surface area (Å²) in [6, 6.07) is 0. The average molecular weight is 295 g/mol. The number of halogens is 2. The smallest absolute Gasteiger partial charge is 0.135 e. The second-order valence-electron chi connectivity index (χ2n) is 3.84. The number of hydrogen-bond acceptors (Lipinski definition) is 5. The number of aliphatic hydroxyl groups is 1. The van der Waals surface area contributed by atoms with Gasteiger partial charge in [-0.15, -0.1) is 24.8 Å². The Labute approximate surface area is 120 Å². The summed E-state index contributed by atoms with van der Waals surface area (Å²) in [5, 5.41) is 18.6. The molecule has 1 saturated heterocycles. The van der Waals surface area contributed by atoms with E-state index < -0.39 is 0 Å². The second-order valence-corrected chi connectivity index (χ2v) is 3.84. The highest BCUT2D eigenvalue weighted by atomic mass is 35.5. The van der Waals surface area contributed by atoms with E-state index in [1.165, 1.54) is 0 Å². The Morgan fingerprint density at radius 3 is 2.17 bits per heavy atom. The zero-order valence-corrected chi connectivity index (χ0v) is 11.7. The highest BCUT2D eigenvalue weighted by molar-refractivity contribution is 5.85. The van der Waals surface area contributed by atoms with Gasteiger partial charge >= 0.3 is 0 Å². The molecular formula is C11H20Cl2N4O. The number of piperazine rings is 1. The Balaban J connectivity index is 0.000000319. The normalized spacial score (nSPS) is 20.3. The standard InChI is InChI=1S/C7H8N2O.C4H10N2.2ClH/c10-6-2-1-5-3-8-4-9-7(5)6;1-2-6-4-3-5-1;;/h2-3,9-10H,1,4H2;5-6H,1-4H2;2*1H. The molecule has 0 saturated carbocycles. The number of aliphatic imine (C=N–C) groups is 1. The van der Waals surface area contributed by atoms with Crippen LogP contribution in [-0.4, -0.2) is 44.2 Å². The van der Waals surface area contributed by atoms with Crippen LogP contribution in [0.25, 0.3) is 0 Å². The van der Waals surface area contributed by atoms with Gasteiger partial charge in [0.05, 0.1) is 5.70 Å². The van der Waals surface area contributed by atoms with E-state index in [-0.39, 0.29) is 24.8 Å². The molecule has 4 N–H and O–H groups in total. The number of hydrogen-bond donors (Lipinski definition) is 4. The maximum absolute atomic E-state index is 9.20. The molecule has 3 aliphatic rings. The number of nitrogens with zero attached hydrogens (tertiary/aromatic N) is 1. The molecule has 3 rings (SSSR count). The number of rotatable bonds is 0. The molecule has 18 heavy (non-hydrogen) atoms. The van der Waals surface area contributed by atoms with Crippen LogP contribution in [0.2, 0.25) is 0 Å². The van der Waals surface area contributed by atoms with Crippen molar-refractivity contribution in [2.45, 2.75) is 6.42 Å². The molecule has 0 aromatic heterocycles. The zero-order valence-electron chi connectivity index (χ0n) is 10.1. The minimum Gasteiger partial charge on any atom is -0.506 e. The predicted octanol–water partition coefficient (Wildman–Crippen LogP) is 0.740. The molecule has 1 aliphatic carbocycles. The lowest BCUT2D eigenvalue weighted by Gasteiger charge is -2.11. The zero-order chi connectivity index (χ0) is 11.2. The maximum Gasteiger partial charge on any atom is 0.135 e. The van der Waals surface area contributed by atoms with Gasteiger partial charge in [0.1, 0.15) is 12.4 Å². The fourth-order valence-electron chi connectivity index (χ4n) is 1.78. The molecule has 0 bridgehead atoms. The molecule has 7 heteroatoms. The van der Waals surface area contributed by atoms with Crippen molar-refractivity contribution in [1.29, 1.82) is 0 Å². The van der Waals surface area contributed by atoms with Crippen LogP contribution >= 0.6 is 24.8 Å². The number of allylic oxidation sites excluding steroid dienone is 2. The molecule has 0 amide bonds. The van der Waals surface area contributed by atoms with Crippen molar-refractivity contribution < 1.29 is 5.11 Å². The van der Waals surface area contributed by atoms with E-state index in [1.54, 1.807) is 6.08 Å². The van der Waals surface area contributed by atoms with Crippen LogP contribution in [-0.2, 0) is 0 Å². The van der Waals surface area contributed by atoms with Gasteiger partial charge < -0.3 is 21.1 Å². The molecule has 0 atom stereocenters. The van der Waals surface area contributed by atoms with Crippen LogP contribution in [0.1, 0.15) is 6.42 Å². The Kier molecular flexibility index (Phi) is 8.83. The summed E-state index contributed by atoms with van der Waals surface area (Å²) < 4.78 is 0. The molecule has 5 nitrogen and oxygen atoms in total. The molecule has 104 valence electrons. The Bertz CT molecular complexity index is 326. The molecule has 0 aromatic rings. The van der Waals surface area contributed by atoms with Gasteiger partial charge in [0.15, 0.2) is 0 Å². The summed E-state index contributed by atoms with van der Waals surface area (Å²) in [6.07, 6.45) is 4.40. The minimum absolute atomic E-state index is 0. The first kappa shape index (κ1) is 17.2. The van der Waals surface area contributed by atoms with Crippen LogP contribution in [0.3, 0.4) is 0 Å². The monoisotopic (exact) mass is 294 g/mol. The topological polar surface area (TPSA) is 68.7 Å². The summed E-state index contributed by atoms with van der Waals surface area (Å²) in [5.41, 5.74) is 1.94. The molecule has 0 unspecified atom stereocenters. The average Bonchev–Trinajstić information content (AvgIpc) is 2.75. The first-order chi connectivity index (χ1) is 7.88. The largest absolute Gasteiger partial charge is 0.506 e. The van der Waals surface area contributed by atoms with E-state index in [9.17, 15) is 5.11 Å². The van der Waals surface area contributed by atoms with E-state index in [0.29, 0.717) is 12.4 Å². The third-order valence-electron chi connectivity index (χ3n) is 2.64. The van der Waals surface area contributed by atoms with E-state index in [4.69, 9.17) is 0 Å². The summed E-state index contributed by atoms with van der Waals surface area (Å²) in [7, 11) is 0. The highest BCUT2D eigenvalue weighted by Crippen LogP contribution is 2.22. The summed E-state index contributed by atoms with van der Waals surface area (Å²) in [5.74, 6) is 0.362. The van der Waals surface area contributed by atoms with Crippen molar-refractivity contribution in [2.24, 2.45) is 4.99 Å². The van der Waals surface area contributed by atoms with Crippen LogP contribution < -0.4 is 16.0 Å². The van der Waals surface area contributed by atoms with Crippen molar-refractivity contribution in [2.75, 3.05) is 32.8 Å². The van der Waals surface area contributed by atoms with Crippen LogP contribution in [0, 0.1) is 0 Å². The molecule has 0 spiro atoms. The van der Waals surface area contributed by atoms with Crippen LogP contribution in [0.15, 0.2) is 28.1 Å². The fourth-order valence-corrected chi connectivity index (χ4v) is 1.78. The molecule has 0 radical (unpaired) electrons. The van der Waals surface area contributed by atoms with Gasteiger partial charge in [-0.05, 0) is 12.5 Å². The molecule has 0 aromatic carbocycles. The summed E-state index contributed by atoms with van der Waals surface area (Å²) in [4.78, 5) is 4.02. The summed E-state index contributed by atoms with van der Waals surface area (Å²) >= 11 is 0. The van der Waals surface area contributed by atoms with Crippen molar-refractivity contribution in [3.63, 3.8) is 0 Å². The molecule has 1 fully saturated rings. The first-order valence-electron chi connectivity index (χ1n) is 5.65. The van der Waals surface area contributed by atoms with Gasteiger partial charge in [-0.1, -0.05) is 0 Å². The van der Waals surface area contributed by atoms with E-state index in [2.05, 4.69) is 20.9 Å². The molecule has 2 aliphatic heterocycles. The highest BCUT2D eigenvalue weighted by Gasteiger charge is 2.16. The lowest BCUT2D eigenvalue weighted by molar-refractivity contribution is 0.415. The van der Waals surface area contributed by atoms with Gasteiger partial charge in [-0.3, -0.25) is 4.99 Å². The van der Waals surface area contributed by atoms with Gasteiger partial charge in [0.2, 0.25) is 0 Å². The van der Waals surface area contributed by atoms with Crippen LogP contribution in [0.4, 0.5) is 0 Å². The number of nitrogens with one attached hydrogen (secondary N) is 3. The fraction of sp³-hybridized carbons (Fsp3) is 0.545. The summed E-state index contributed by atoms with van der Waals surface area (Å²) in [6.45, 7) is 5.14. The Morgan fingerprint density at radius 1 is 1.06 bits per heavy atom. The van der Waals surface area contributed by atoms with Gasteiger partial charge in [0.25, 0.3) is 0 Å². The predicted molar refractivity (Wildman–Crippen MR) is 79.1 cm³/mol. The SMILES string of the molecule is C1CNCCN1.Cl.Cl.OC1=CCC2=C1NCN=C2. The third kappa shape index (κ3) is 4.86. The third-order valence-corrected chi connectivity index (χ3v) is 2.64. The van der Waals surface area contributed by atoms with Gasteiger partial charge in [0, 0.05) is 38.0 Å². The maximum atomic E-state index is 9.20. The van der Waals surface area contributed by atoms with E-state index in [1.807, 2.05) is 6.21 Å². The minimum atomic E-state index is 0. The van der Waals surface area contributed by atoms with Gasteiger partial charge in [-0.25, -0.2) is 0 Å². The first-order valence-corrected chi connectivity index (χ1v) is 5.65. The van der Waals surface area contributed by atoms with Crippen molar-refractivity contribution in [1.82, 2.24) is 16.0 Å². The van der Waals surface area contributed by atoms with Gasteiger partial charge in [-0.2, -0.15) is 0 Å². The Morgan fingerprint density at radius 2 is 1.67 bits per heavy atom. The van der Waals surface area contributed by atoms with E-state index >= 15 is 0 Å². The quantitative estimate of drug-likeness (QED) is 0.532. The van der Waals surface area contributed by atoms with Crippen LogP contribution in [0.5, 0.6) is 0 Å². The second kappa shape index (κ2) is 9.22. The Hall–Kier alpha value is -0.750. The lowest BCUT2D eigenvalue weighted by atomic mass is 10.2. The van der Waals surface area contributed by atoms with Crippen molar-refractivity contribution in [3.8, 4) is 0 Å². The lowest BCUT2D eigenvalue weighted by Crippen LogP contribution is -2.39. The van der Waals surface area contributed by atoms with E-state index in [0.717, 1.165) is 43.9 Å².